The molecule has 1 fully saturated rings. The molecule has 5 nitrogen and oxygen atoms in total. The molecule has 15 heavy (non-hydrogen) atoms. The van der Waals surface area contributed by atoms with Crippen LogP contribution in [0, 0.1) is 0 Å². The van der Waals surface area contributed by atoms with E-state index in [4.69, 9.17) is 0 Å². The number of nitrogens with zero attached hydrogens (tertiary/aromatic N) is 1. The van der Waals surface area contributed by atoms with Gasteiger partial charge in [0.1, 0.15) is 0 Å². The molecule has 2 atom stereocenters. The van der Waals surface area contributed by atoms with E-state index in [0.717, 1.165) is 6.54 Å². The summed E-state index contributed by atoms with van der Waals surface area (Å²) in [6.07, 6.45) is -0.924. The molecule has 1 aliphatic rings. The first kappa shape index (κ1) is 12.3. The summed E-state index contributed by atoms with van der Waals surface area (Å²) in [6, 6.07) is -0.302. The third-order valence-corrected chi connectivity index (χ3v) is 2.67. The van der Waals surface area contributed by atoms with Crippen LogP contribution in [0.2, 0.25) is 0 Å². The van der Waals surface area contributed by atoms with E-state index in [2.05, 4.69) is 5.32 Å². The van der Waals surface area contributed by atoms with Crippen LogP contribution in [0.25, 0.3) is 0 Å². The molecule has 1 aliphatic heterocycles. The molecule has 0 aromatic carbocycles. The van der Waals surface area contributed by atoms with Crippen molar-refractivity contribution >= 4 is 6.09 Å². The number of hydrogen-bond donors (Lipinski definition) is 3. The number of nitrogens with one attached hydrogen (secondary N) is 1. The molecule has 3 N–H and O–H groups in total. The highest BCUT2D eigenvalue weighted by molar-refractivity contribution is 5.66. The lowest BCUT2D eigenvalue weighted by Gasteiger charge is -2.43. The van der Waals surface area contributed by atoms with Crippen LogP contribution in [0.4, 0.5) is 4.79 Å². The quantitative estimate of drug-likeness (QED) is 0.596. The van der Waals surface area contributed by atoms with Gasteiger partial charge in [-0.1, -0.05) is 0 Å². The highest BCUT2D eigenvalue weighted by atomic mass is 16.4. The normalized spacial score (nSPS) is 27.5. The first-order valence-electron chi connectivity index (χ1n) is 5.25. The summed E-state index contributed by atoms with van der Waals surface area (Å²) in [6.45, 7) is 6.74. The van der Waals surface area contributed by atoms with Gasteiger partial charge in [-0.25, -0.2) is 4.79 Å². The molecule has 0 radical (unpaired) electrons. The Hall–Kier alpha value is -0.810. The van der Waals surface area contributed by atoms with Gasteiger partial charge < -0.3 is 15.5 Å². The monoisotopic (exact) mass is 216 g/mol. The number of aliphatic hydroxyl groups excluding tert-OH is 1. The number of carbonyl (C=O) groups is 1. The van der Waals surface area contributed by atoms with Crippen LogP contribution in [0.15, 0.2) is 0 Å². The fourth-order valence-corrected chi connectivity index (χ4v) is 2.06. The average molecular weight is 216 g/mol. The highest BCUT2D eigenvalue weighted by Gasteiger charge is 2.38. The molecule has 0 aromatic heterocycles. The number of amides is 1. The number of carboxylic acid groups (broad SMARTS) is 1. The molecule has 1 amide bonds. The van der Waals surface area contributed by atoms with Crippen LogP contribution in [0.1, 0.15) is 27.2 Å². The van der Waals surface area contributed by atoms with E-state index < -0.39 is 17.7 Å². The van der Waals surface area contributed by atoms with E-state index >= 15 is 0 Å². The van der Waals surface area contributed by atoms with Crippen molar-refractivity contribution in [2.24, 2.45) is 0 Å². The third-order valence-electron chi connectivity index (χ3n) is 2.67. The van der Waals surface area contributed by atoms with Crippen LogP contribution >= 0.6 is 0 Å². The summed E-state index contributed by atoms with van der Waals surface area (Å²) in [5.41, 5.74) is -0.477. The summed E-state index contributed by atoms with van der Waals surface area (Å²) in [5, 5.41) is 22.0. The fourth-order valence-electron chi connectivity index (χ4n) is 2.06. The SMILES string of the molecule is CC(C)(C)N(C(=O)O)[C@@H]1CCNC[C@@H]1O. The van der Waals surface area contributed by atoms with Gasteiger partial charge in [0.15, 0.2) is 0 Å². The van der Waals surface area contributed by atoms with Gasteiger partial charge in [-0.2, -0.15) is 0 Å². The molecule has 1 rings (SSSR count). The second-order valence-corrected chi connectivity index (χ2v) is 4.95. The van der Waals surface area contributed by atoms with Crippen molar-refractivity contribution in [2.45, 2.75) is 44.9 Å². The zero-order valence-electron chi connectivity index (χ0n) is 9.53. The Bertz CT molecular complexity index is 237. The molecule has 0 saturated carbocycles. The van der Waals surface area contributed by atoms with Crippen molar-refractivity contribution < 1.29 is 15.0 Å². The second-order valence-electron chi connectivity index (χ2n) is 4.95. The van der Waals surface area contributed by atoms with E-state index in [9.17, 15) is 15.0 Å². The predicted molar refractivity (Wildman–Crippen MR) is 56.9 cm³/mol. The first-order valence-corrected chi connectivity index (χ1v) is 5.25. The minimum absolute atomic E-state index is 0.302. The number of β-amino-alcohol motifs (C(OH)–C–C–N with tert-alkyl or cyclic N) is 1. The van der Waals surface area contributed by atoms with E-state index in [0.29, 0.717) is 13.0 Å². The molecule has 0 unspecified atom stereocenters. The third kappa shape index (κ3) is 2.82. The number of hydrogen-bond acceptors (Lipinski definition) is 3. The van der Waals surface area contributed by atoms with Gasteiger partial charge in [0.2, 0.25) is 0 Å². The number of aliphatic hydroxyl groups is 1. The van der Waals surface area contributed by atoms with Crippen LogP contribution in [0.3, 0.4) is 0 Å². The summed E-state index contributed by atoms with van der Waals surface area (Å²) in [4.78, 5) is 12.5. The Morgan fingerprint density at radius 1 is 1.47 bits per heavy atom. The van der Waals surface area contributed by atoms with E-state index in [1.165, 1.54) is 4.90 Å². The predicted octanol–water partition coefficient (Wildman–Crippen LogP) is 0.488. The Kier molecular flexibility index (Phi) is 3.57. The van der Waals surface area contributed by atoms with Gasteiger partial charge in [0.05, 0.1) is 12.1 Å². The summed E-state index contributed by atoms with van der Waals surface area (Å²) >= 11 is 0. The van der Waals surface area contributed by atoms with Crippen molar-refractivity contribution in [1.82, 2.24) is 10.2 Å². The lowest BCUT2D eigenvalue weighted by molar-refractivity contribution is -0.00589. The van der Waals surface area contributed by atoms with Crippen LogP contribution in [-0.2, 0) is 0 Å². The molecule has 0 bridgehead atoms. The Morgan fingerprint density at radius 2 is 2.07 bits per heavy atom. The maximum absolute atomic E-state index is 11.2. The molecule has 0 spiro atoms. The van der Waals surface area contributed by atoms with Crippen LogP contribution in [-0.4, -0.2) is 52.0 Å². The van der Waals surface area contributed by atoms with Gasteiger partial charge in [-0.3, -0.25) is 4.90 Å². The molecule has 1 heterocycles. The minimum atomic E-state index is -0.964. The van der Waals surface area contributed by atoms with E-state index in [-0.39, 0.29) is 6.04 Å². The van der Waals surface area contributed by atoms with Crippen molar-refractivity contribution in [3.8, 4) is 0 Å². The van der Waals surface area contributed by atoms with Gasteiger partial charge in [-0.15, -0.1) is 0 Å². The molecule has 1 saturated heterocycles. The largest absolute Gasteiger partial charge is 0.465 e. The maximum atomic E-state index is 11.2. The van der Waals surface area contributed by atoms with Gasteiger partial charge >= 0.3 is 6.09 Å². The van der Waals surface area contributed by atoms with E-state index in [1.807, 2.05) is 20.8 Å². The van der Waals surface area contributed by atoms with Gasteiger partial charge in [0, 0.05) is 12.1 Å². The van der Waals surface area contributed by atoms with Crippen LogP contribution in [0.5, 0.6) is 0 Å². The lowest BCUT2D eigenvalue weighted by Crippen LogP contribution is -2.60. The summed E-state index contributed by atoms with van der Waals surface area (Å²) < 4.78 is 0. The molecular formula is C10H20N2O3. The molecule has 5 heteroatoms. The zero-order valence-corrected chi connectivity index (χ0v) is 9.53. The van der Waals surface area contributed by atoms with Crippen molar-refractivity contribution in [1.29, 1.82) is 0 Å². The summed E-state index contributed by atoms with van der Waals surface area (Å²) in [7, 11) is 0. The topological polar surface area (TPSA) is 72.8 Å². The van der Waals surface area contributed by atoms with Crippen molar-refractivity contribution in [3.63, 3.8) is 0 Å². The van der Waals surface area contributed by atoms with Crippen LogP contribution < -0.4 is 5.32 Å². The van der Waals surface area contributed by atoms with E-state index in [1.54, 1.807) is 0 Å². The zero-order chi connectivity index (χ0) is 11.6. The smallest absolute Gasteiger partial charge is 0.408 e. The number of rotatable bonds is 1. The van der Waals surface area contributed by atoms with Gasteiger partial charge in [-0.05, 0) is 33.7 Å². The highest BCUT2D eigenvalue weighted by Crippen LogP contribution is 2.22. The molecule has 88 valence electrons. The molecule has 0 aromatic rings. The second kappa shape index (κ2) is 4.37. The van der Waals surface area contributed by atoms with Gasteiger partial charge in [0.25, 0.3) is 0 Å². The Balaban J connectivity index is 2.83. The summed E-state index contributed by atoms with van der Waals surface area (Å²) in [5.74, 6) is 0. The molecular weight excluding hydrogens is 196 g/mol. The van der Waals surface area contributed by atoms with Crippen molar-refractivity contribution in [3.05, 3.63) is 0 Å². The standard InChI is InChI=1S/C10H20N2O3/c1-10(2,3)12(9(14)15)7-4-5-11-6-8(7)13/h7-8,11,13H,4-6H2,1-3H3,(H,14,15)/t7-,8+/m1/s1. The van der Waals surface area contributed by atoms with Crippen molar-refractivity contribution in [2.75, 3.05) is 13.1 Å². The lowest BCUT2D eigenvalue weighted by atomic mass is 9.96. The number of piperidine rings is 1. The maximum Gasteiger partial charge on any atom is 0.408 e. The Labute approximate surface area is 90.1 Å². The first-order chi connectivity index (χ1) is 6.84. The average Bonchev–Trinajstić information content (AvgIpc) is 2.05. The fraction of sp³-hybridized carbons (Fsp3) is 0.900. The Morgan fingerprint density at radius 3 is 2.47 bits per heavy atom. The minimum Gasteiger partial charge on any atom is -0.465 e. The molecule has 0 aliphatic carbocycles.